The summed E-state index contributed by atoms with van der Waals surface area (Å²) in [6, 6.07) is 9.67. The van der Waals surface area contributed by atoms with E-state index in [9.17, 15) is 14.0 Å². The highest BCUT2D eigenvalue weighted by molar-refractivity contribution is 6.34. The molecular weight excluding hydrogens is 343 g/mol. The minimum Gasteiger partial charge on any atom is -0.324 e. The molecule has 0 spiro atoms. The van der Waals surface area contributed by atoms with Crippen molar-refractivity contribution in [2.75, 3.05) is 16.8 Å². The molecule has 0 bridgehead atoms. The summed E-state index contributed by atoms with van der Waals surface area (Å²) in [7, 11) is 0. The molecule has 0 aliphatic heterocycles. The van der Waals surface area contributed by atoms with E-state index in [4.69, 9.17) is 11.6 Å². The minimum atomic E-state index is -0.504. The molecule has 0 heterocycles. The van der Waals surface area contributed by atoms with Crippen LogP contribution in [0, 0.1) is 19.7 Å². The maximum absolute atomic E-state index is 13.9. The topological polar surface area (TPSA) is 49.4 Å². The van der Waals surface area contributed by atoms with Crippen LogP contribution in [0.4, 0.5) is 15.8 Å². The number of hydrogen-bond donors (Lipinski definition) is 1. The van der Waals surface area contributed by atoms with E-state index < -0.39 is 5.82 Å². The summed E-state index contributed by atoms with van der Waals surface area (Å²) in [5.41, 5.74) is 2.57. The summed E-state index contributed by atoms with van der Waals surface area (Å²) < 4.78 is 13.9. The van der Waals surface area contributed by atoms with Gasteiger partial charge in [-0.25, -0.2) is 4.39 Å². The highest BCUT2D eigenvalue weighted by Gasteiger charge is 2.17. The van der Waals surface area contributed by atoms with Crippen LogP contribution < -0.4 is 10.2 Å². The molecule has 0 aliphatic rings. The number of aryl methyl sites for hydroxylation is 2. The Balaban J connectivity index is 2.08. The molecule has 0 atom stereocenters. The quantitative estimate of drug-likeness (QED) is 0.852. The first-order valence-corrected chi connectivity index (χ1v) is 8.26. The van der Waals surface area contributed by atoms with Crippen LogP contribution in [0.15, 0.2) is 36.4 Å². The van der Waals surface area contributed by atoms with Crippen LogP contribution in [0.5, 0.6) is 0 Å². The zero-order chi connectivity index (χ0) is 18.6. The van der Waals surface area contributed by atoms with E-state index in [0.717, 1.165) is 11.1 Å². The number of nitrogens with zero attached hydrogens (tertiary/aromatic N) is 1. The predicted octanol–water partition coefficient (Wildman–Crippen LogP) is 4.48. The number of carbonyl (C=O) groups excluding carboxylic acids is 2. The number of benzene rings is 2. The normalized spacial score (nSPS) is 10.4. The molecule has 4 nitrogen and oxygen atoms in total. The van der Waals surface area contributed by atoms with Gasteiger partial charge in [0, 0.05) is 19.9 Å². The van der Waals surface area contributed by atoms with Gasteiger partial charge in [0.25, 0.3) is 0 Å². The van der Waals surface area contributed by atoms with Crippen LogP contribution in [-0.4, -0.2) is 18.4 Å². The first kappa shape index (κ1) is 18.9. The molecule has 0 aromatic heterocycles. The van der Waals surface area contributed by atoms with Gasteiger partial charge in [-0.2, -0.15) is 0 Å². The first-order chi connectivity index (χ1) is 11.8. The van der Waals surface area contributed by atoms with Gasteiger partial charge < -0.3 is 10.2 Å². The van der Waals surface area contributed by atoms with Gasteiger partial charge in [-0.3, -0.25) is 9.59 Å². The Morgan fingerprint density at radius 3 is 2.48 bits per heavy atom. The molecule has 0 unspecified atom stereocenters. The number of carbonyl (C=O) groups is 2. The van der Waals surface area contributed by atoms with Crippen molar-refractivity contribution in [2.24, 2.45) is 0 Å². The minimum absolute atomic E-state index is 0.0254. The van der Waals surface area contributed by atoms with Gasteiger partial charge in [0.2, 0.25) is 11.8 Å². The van der Waals surface area contributed by atoms with Gasteiger partial charge in [-0.1, -0.05) is 29.8 Å². The van der Waals surface area contributed by atoms with Crippen molar-refractivity contribution in [1.82, 2.24) is 0 Å². The van der Waals surface area contributed by atoms with Crippen LogP contribution in [0.1, 0.15) is 24.5 Å². The molecule has 25 heavy (non-hydrogen) atoms. The van der Waals surface area contributed by atoms with Crippen molar-refractivity contribution in [3.05, 3.63) is 58.4 Å². The van der Waals surface area contributed by atoms with Crippen molar-refractivity contribution >= 4 is 34.8 Å². The molecule has 0 saturated heterocycles. The van der Waals surface area contributed by atoms with Crippen molar-refractivity contribution in [2.45, 2.75) is 27.2 Å². The largest absolute Gasteiger partial charge is 0.324 e. The standard InChI is InChI=1S/C19H20ClFN2O2/c1-12-10-13(2)19(15(20)11-12)22-18(25)8-9-23(14(3)24)17-7-5-4-6-16(17)21/h4-7,10-11H,8-9H2,1-3H3,(H,22,25). The molecule has 6 heteroatoms. The van der Waals surface area contributed by atoms with E-state index in [0.29, 0.717) is 10.7 Å². The second-order valence-corrected chi connectivity index (χ2v) is 6.27. The van der Waals surface area contributed by atoms with E-state index in [1.54, 1.807) is 18.2 Å². The first-order valence-electron chi connectivity index (χ1n) is 7.89. The SMILES string of the molecule is CC(=O)N(CCC(=O)Nc1c(C)cc(C)cc1Cl)c1ccccc1F. The predicted molar refractivity (Wildman–Crippen MR) is 98.6 cm³/mol. The van der Waals surface area contributed by atoms with Crippen molar-refractivity contribution < 1.29 is 14.0 Å². The maximum Gasteiger partial charge on any atom is 0.226 e. The zero-order valence-corrected chi connectivity index (χ0v) is 15.2. The molecule has 2 aromatic carbocycles. The van der Waals surface area contributed by atoms with Gasteiger partial charge in [0.15, 0.2) is 0 Å². The number of anilines is 2. The molecule has 132 valence electrons. The Morgan fingerprint density at radius 1 is 1.20 bits per heavy atom. The highest BCUT2D eigenvalue weighted by atomic mass is 35.5. The Kier molecular flexibility index (Phi) is 6.15. The van der Waals surface area contributed by atoms with Crippen LogP contribution in [0.3, 0.4) is 0 Å². The third kappa shape index (κ3) is 4.79. The van der Waals surface area contributed by atoms with E-state index in [1.807, 2.05) is 19.9 Å². The zero-order valence-electron chi connectivity index (χ0n) is 14.4. The van der Waals surface area contributed by atoms with Gasteiger partial charge in [-0.05, 0) is 43.2 Å². The van der Waals surface area contributed by atoms with Gasteiger partial charge in [0.1, 0.15) is 5.82 Å². The number of hydrogen-bond acceptors (Lipinski definition) is 2. The lowest BCUT2D eigenvalue weighted by Gasteiger charge is -2.21. The third-order valence-corrected chi connectivity index (χ3v) is 4.08. The van der Waals surface area contributed by atoms with Crippen LogP contribution in [-0.2, 0) is 9.59 Å². The molecule has 0 aliphatic carbocycles. The summed E-state index contributed by atoms with van der Waals surface area (Å²) >= 11 is 6.18. The molecule has 2 aromatic rings. The monoisotopic (exact) mass is 362 g/mol. The molecular formula is C19H20ClFN2O2. The summed E-state index contributed by atoms with van der Waals surface area (Å²) in [6.07, 6.45) is 0.0254. The highest BCUT2D eigenvalue weighted by Crippen LogP contribution is 2.27. The number of amides is 2. The van der Waals surface area contributed by atoms with Gasteiger partial charge in [0.05, 0.1) is 16.4 Å². The molecule has 0 radical (unpaired) electrons. The van der Waals surface area contributed by atoms with E-state index >= 15 is 0 Å². The molecule has 0 fully saturated rings. The number of para-hydroxylation sites is 1. The summed E-state index contributed by atoms with van der Waals surface area (Å²) in [4.78, 5) is 25.3. The van der Waals surface area contributed by atoms with Crippen molar-refractivity contribution in [1.29, 1.82) is 0 Å². The van der Waals surface area contributed by atoms with E-state index in [2.05, 4.69) is 5.32 Å². The molecule has 2 rings (SSSR count). The Hall–Kier alpha value is -2.40. The van der Waals surface area contributed by atoms with Crippen LogP contribution in [0.25, 0.3) is 0 Å². The summed E-state index contributed by atoms with van der Waals surface area (Å²) in [5, 5.41) is 3.22. The third-order valence-electron chi connectivity index (χ3n) is 3.78. The lowest BCUT2D eigenvalue weighted by atomic mass is 10.1. The lowest BCUT2D eigenvalue weighted by molar-refractivity contribution is -0.117. The lowest BCUT2D eigenvalue weighted by Crippen LogP contribution is -2.32. The number of rotatable bonds is 5. The van der Waals surface area contributed by atoms with E-state index in [1.165, 1.54) is 24.0 Å². The molecule has 2 amide bonds. The molecule has 1 N–H and O–H groups in total. The number of nitrogens with one attached hydrogen (secondary N) is 1. The Bertz CT molecular complexity index is 785. The van der Waals surface area contributed by atoms with Gasteiger partial charge in [-0.15, -0.1) is 0 Å². The number of halogens is 2. The smallest absolute Gasteiger partial charge is 0.226 e. The second kappa shape index (κ2) is 8.12. The maximum atomic E-state index is 13.9. The average Bonchev–Trinajstić information content (AvgIpc) is 2.52. The van der Waals surface area contributed by atoms with Crippen LogP contribution >= 0.6 is 11.6 Å². The molecule has 0 saturated carbocycles. The van der Waals surface area contributed by atoms with Crippen molar-refractivity contribution in [3.63, 3.8) is 0 Å². The Morgan fingerprint density at radius 2 is 1.88 bits per heavy atom. The van der Waals surface area contributed by atoms with E-state index in [-0.39, 0.29) is 30.5 Å². The Labute approximate surface area is 151 Å². The average molecular weight is 363 g/mol. The fraction of sp³-hybridized carbons (Fsp3) is 0.263. The van der Waals surface area contributed by atoms with Crippen LogP contribution in [0.2, 0.25) is 5.02 Å². The fourth-order valence-electron chi connectivity index (χ4n) is 2.61. The van der Waals surface area contributed by atoms with Gasteiger partial charge >= 0.3 is 0 Å². The second-order valence-electron chi connectivity index (χ2n) is 5.86. The summed E-state index contributed by atoms with van der Waals surface area (Å²) in [5.74, 6) is -1.13. The fourth-order valence-corrected chi connectivity index (χ4v) is 2.98. The summed E-state index contributed by atoms with van der Waals surface area (Å²) in [6.45, 7) is 5.19. The van der Waals surface area contributed by atoms with Crippen molar-refractivity contribution in [3.8, 4) is 0 Å².